The van der Waals surface area contributed by atoms with Gasteiger partial charge in [-0.25, -0.2) is 4.79 Å². The first kappa shape index (κ1) is 21.5. The van der Waals surface area contributed by atoms with E-state index in [0.717, 1.165) is 27.4 Å². The van der Waals surface area contributed by atoms with Crippen molar-refractivity contribution >= 4 is 46.6 Å². The maximum atomic E-state index is 12.1. The fourth-order valence-corrected chi connectivity index (χ4v) is 4.29. The summed E-state index contributed by atoms with van der Waals surface area (Å²) in [6.45, 7) is 0.336. The summed E-state index contributed by atoms with van der Waals surface area (Å²) in [7, 11) is 0. The highest BCUT2D eigenvalue weighted by molar-refractivity contribution is 7.16. The van der Waals surface area contributed by atoms with Gasteiger partial charge in [0.2, 0.25) is 5.91 Å². The lowest BCUT2D eigenvalue weighted by atomic mass is 10.2. The van der Waals surface area contributed by atoms with Crippen molar-refractivity contribution in [2.75, 3.05) is 23.4 Å². The third-order valence-electron chi connectivity index (χ3n) is 4.95. The molecule has 1 aliphatic heterocycles. The number of hydrogen-bond donors (Lipinski definition) is 1. The Bertz CT molecular complexity index is 1140. The minimum absolute atomic E-state index is 0.112. The molecule has 0 spiro atoms. The predicted octanol–water partition coefficient (Wildman–Crippen LogP) is 4.74. The summed E-state index contributed by atoms with van der Waals surface area (Å²) in [5, 5.41) is 2.68. The minimum atomic E-state index is -0.585. The third-order valence-corrected chi connectivity index (χ3v) is 6.05. The van der Waals surface area contributed by atoms with Gasteiger partial charge >= 0.3 is 5.97 Å². The number of anilines is 2. The number of benzene rings is 2. The molecular formula is C25H22N2O4S. The molecule has 4 rings (SSSR count). The molecule has 1 aromatic heterocycles. The van der Waals surface area contributed by atoms with Gasteiger partial charge in [-0.05, 0) is 54.5 Å². The topological polar surface area (TPSA) is 75.7 Å². The Hall–Kier alpha value is -3.71. The minimum Gasteiger partial charge on any atom is -0.452 e. The number of rotatable bonds is 7. The summed E-state index contributed by atoms with van der Waals surface area (Å²) in [5.74, 6) is -0.905. The SMILES string of the molecule is O=C(COC(=O)/C=C/c1ccc(-c2ccccc2)s1)Nc1ccc(N2CCCC2=O)cc1. The first-order valence-corrected chi connectivity index (χ1v) is 11.1. The van der Waals surface area contributed by atoms with Crippen LogP contribution in [0.4, 0.5) is 11.4 Å². The molecule has 6 nitrogen and oxygen atoms in total. The number of ether oxygens (including phenoxy) is 1. The number of carbonyl (C=O) groups is 3. The molecule has 2 heterocycles. The number of thiophene rings is 1. The van der Waals surface area contributed by atoms with Crippen molar-refractivity contribution in [1.82, 2.24) is 0 Å². The molecule has 2 aromatic carbocycles. The van der Waals surface area contributed by atoms with Gasteiger partial charge in [0.25, 0.3) is 5.91 Å². The largest absolute Gasteiger partial charge is 0.452 e. The highest BCUT2D eigenvalue weighted by Gasteiger charge is 2.21. The highest BCUT2D eigenvalue weighted by Crippen LogP contribution is 2.28. The molecule has 0 saturated carbocycles. The van der Waals surface area contributed by atoms with E-state index in [1.807, 2.05) is 42.5 Å². The fourth-order valence-electron chi connectivity index (χ4n) is 3.38. The molecule has 1 fully saturated rings. The Kier molecular flexibility index (Phi) is 6.77. The number of hydrogen-bond acceptors (Lipinski definition) is 5. The van der Waals surface area contributed by atoms with Gasteiger partial charge < -0.3 is 15.0 Å². The van der Waals surface area contributed by atoms with Crippen molar-refractivity contribution in [2.45, 2.75) is 12.8 Å². The van der Waals surface area contributed by atoms with Crippen LogP contribution in [0.1, 0.15) is 17.7 Å². The van der Waals surface area contributed by atoms with Gasteiger partial charge in [0.1, 0.15) is 0 Å². The predicted molar refractivity (Wildman–Crippen MR) is 126 cm³/mol. The molecule has 1 aliphatic rings. The number of nitrogens with one attached hydrogen (secondary N) is 1. The average molecular weight is 447 g/mol. The molecule has 162 valence electrons. The van der Waals surface area contributed by atoms with Crippen molar-refractivity contribution in [2.24, 2.45) is 0 Å². The quantitative estimate of drug-likeness (QED) is 0.420. The van der Waals surface area contributed by atoms with Gasteiger partial charge in [-0.1, -0.05) is 30.3 Å². The van der Waals surface area contributed by atoms with Crippen LogP contribution in [-0.2, 0) is 19.1 Å². The van der Waals surface area contributed by atoms with Crippen LogP contribution in [0.2, 0.25) is 0 Å². The van der Waals surface area contributed by atoms with Crippen LogP contribution in [0.25, 0.3) is 16.5 Å². The molecule has 3 aromatic rings. The number of nitrogens with zero attached hydrogens (tertiary/aromatic N) is 1. The zero-order valence-corrected chi connectivity index (χ0v) is 18.1. The van der Waals surface area contributed by atoms with Gasteiger partial charge in [0.15, 0.2) is 6.61 Å². The van der Waals surface area contributed by atoms with Gasteiger partial charge in [-0.2, -0.15) is 0 Å². The van der Waals surface area contributed by atoms with E-state index in [9.17, 15) is 14.4 Å². The Morgan fingerprint density at radius 2 is 1.81 bits per heavy atom. The standard InChI is InChI=1S/C25H22N2O4S/c28-23(26-19-8-10-20(11-9-19)27-16-4-7-24(27)29)17-31-25(30)15-13-21-12-14-22(32-21)18-5-2-1-3-6-18/h1-3,5-6,8-15H,4,7,16-17H2,(H,26,28)/b15-13+. The van der Waals surface area contributed by atoms with Crippen LogP contribution in [0.15, 0.2) is 72.8 Å². The van der Waals surface area contributed by atoms with E-state index >= 15 is 0 Å². The summed E-state index contributed by atoms with van der Waals surface area (Å²) in [5.41, 5.74) is 2.51. The van der Waals surface area contributed by atoms with E-state index < -0.39 is 11.9 Å². The Balaban J connectivity index is 1.24. The van der Waals surface area contributed by atoms with Crippen LogP contribution < -0.4 is 10.2 Å². The lowest BCUT2D eigenvalue weighted by molar-refractivity contribution is -0.142. The molecule has 0 unspecified atom stereocenters. The smallest absolute Gasteiger partial charge is 0.331 e. The van der Waals surface area contributed by atoms with Gasteiger partial charge in [-0.15, -0.1) is 11.3 Å². The Morgan fingerprint density at radius 3 is 2.53 bits per heavy atom. The van der Waals surface area contributed by atoms with Crippen LogP contribution in [0.5, 0.6) is 0 Å². The van der Waals surface area contributed by atoms with Crippen LogP contribution in [0.3, 0.4) is 0 Å². The molecule has 32 heavy (non-hydrogen) atoms. The van der Waals surface area contributed by atoms with E-state index in [0.29, 0.717) is 18.7 Å². The zero-order chi connectivity index (χ0) is 22.3. The molecule has 1 N–H and O–H groups in total. The lowest BCUT2D eigenvalue weighted by Crippen LogP contribution is -2.23. The maximum Gasteiger partial charge on any atom is 0.331 e. The van der Waals surface area contributed by atoms with Gasteiger partial charge in [-0.3, -0.25) is 9.59 Å². The second kappa shape index (κ2) is 10.1. The van der Waals surface area contributed by atoms with Crippen molar-refractivity contribution in [3.8, 4) is 10.4 Å². The van der Waals surface area contributed by atoms with Crippen LogP contribution in [-0.4, -0.2) is 30.9 Å². The van der Waals surface area contributed by atoms with Crippen molar-refractivity contribution < 1.29 is 19.1 Å². The van der Waals surface area contributed by atoms with E-state index in [1.54, 1.807) is 46.6 Å². The fraction of sp³-hybridized carbons (Fsp3) is 0.160. The van der Waals surface area contributed by atoms with E-state index in [4.69, 9.17) is 4.74 Å². The average Bonchev–Trinajstić information content (AvgIpc) is 3.46. The highest BCUT2D eigenvalue weighted by atomic mass is 32.1. The third kappa shape index (κ3) is 5.50. The Morgan fingerprint density at radius 1 is 1.03 bits per heavy atom. The summed E-state index contributed by atoms with van der Waals surface area (Å²) < 4.78 is 5.02. The van der Waals surface area contributed by atoms with E-state index in [-0.39, 0.29) is 12.5 Å². The zero-order valence-electron chi connectivity index (χ0n) is 17.3. The summed E-state index contributed by atoms with van der Waals surface area (Å²) in [6, 6.07) is 21.0. The van der Waals surface area contributed by atoms with Crippen molar-refractivity contribution in [3.63, 3.8) is 0 Å². The number of esters is 1. The first-order chi connectivity index (χ1) is 15.6. The first-order valence-electron chi connectivity index (χ1n) is 10.3. The lowest BCUT2D eigenvalue weighted by Gasteiger charge is -2.16. The second-order valence-corrected chi connectivity index (χ2v) is 8.37. The summed E-state index contributed by atoms with van der Waals surface area (Å²) in [4.78, 5) is 39.6. The number of amides is 2. The second-order valence-electron chi connectivity index (χ2n) is 7.25. The summed E-state index contributed by atoms with van der Waals surface area (Å²) >= 11 is 1.57. The van der Waals surface area contributed by atoms with Crippen molar-refractivity contribution in [1.29, 1.82) is 0 Å². The molecule has 2 amide bonds. The van der Waals surface area contributed by atoms with E-state index in [1.165, 1.54) is 6.08 Å². The Labute approximate surface area is 190 Å². The van der Waals surface area contributed by atoms with Gasteiger partial charge in [0, 0.05) is 40.2 Å². The molecule has 1 saturated heterocycles. The molecule has 7 heteroatoms. The molecular weight excluding hydrogens is 424 g/mol. The summed E-state index contributed by atoms with van der Waals surface area (Å²) in [6.07, 6.45) is 4.42. The van der Waals surface area contributed by atoms with Crippen molar-refractivity contribution in [3.05, 3.63) is 77.7 Å². The molecule has 0 bridgehead atoms. The monoisotopic (exact) mass is 446 g/mol. The molecule has 0 aliphatic carbocycles. The van der Waals surface area contributed by atoms with Crippen LogP contribution >= 0.6 is 11.3 Å². The van der Waals surface area contributed by atoms with Gasteiger partial charge in [0.05, 0.1) is 0 Å². The van der Waals surface area contributed by atoms with Crippen LogP contribution in [0, 0.1) is 0 Å². The normalized spacial score (nSPS) is 13.5. The number of carbonyl (C=O) groups excluding carboxylic acids is 3. The van der Waals surface area contributed by atoms with E-state index in [2.05, 4.69) is 5.32 Å². The molecule has 0 atom stereocenters. The maximum absolute atomic E-state index is 12.1. The molecule has 0 radical (unpaired) electrons.